The maximum Gasteiger partial charge on any atom is 0.391 e. The van der Waals surface area contributed by atoms with Crippen LogP contribution >= 0.6 is 0 Å². The summed E-state index contributed by atoms with van der Waals surface area (Å²) in [6.07, 6.45) is -5.36. The van der Waals surface area contributed by atoms with Crippen molar-refractivity contribution in [3.05, 3.63) is 35.9 Å². The van der Waals surface area contributed by atoms with Crippen molar-refractivity contribution in [2.24, 2.45) is 0 Å². The van der Waals surface area contributed by atoms with Crippen molar-refractivity contribution in [1.82, 2.24) is 0 Å². The van der Waals surface area contributed by atoms with Gasteiger partial charge in [-0.25, -0.2) is 0 Å². The molecule has 0 heterocycles. The highest BCUT2D eigenvalue weighted by Gasteiger charge is 2.27. The van der Waals surface area contributed by atoms with Gasteiger partial charge in [0, 0.05) is 0 Å². The summed E-state index contributed by atoms with van der Waals surface area (Å²) in [5.74, 6) is -2.06. The average Bonchev–Trinajstić information content (AvgIpc) is 2.28. The quantitative estimate of drug-likeness (QED) is 0.802. The van der Waals surface area contributed by atoms with Gasteiger partial charge in [-0.15, -0.1) is 0 Å². The SMILES string of the molecule is O=C(O)C(COCCC(F)(F)F)c1ccccc1. The Labute approximate surface area is 102 Å². The Hall–Kier alpha value is -1.56. The summed E-state index contributed by atoms with van der Waals surface area (Å²) in [4.78, 5) is 11.0. The Kier molecular flexibility index (Phi) is 5.15. The van der Waals surface area contributed by atoms with Crippen LogP contribution in [0.4, 0.5) is 13.2 Å². The van der Waals surface area contributed by atoms with Crippen molar-refractivity contribution < 1.29 is 27.8 Å². The highest BCUT2D eigenvalue weighted by Crippen LogP contribution is 2.20. The lowest BCUT2D eigenvalue weighted by molar-refractivity contribution is -0.148. The van der Waals surface area contributed by atoms with Gasteiger partial charge in [-0.3, -0.25) is 4.79 Å². The smallest absolute Gasteiger partial charge is 0.391 e. The van der Waals surface area contributed by atoms with Crippen molar-refractivity contribution in [3.8, 4) is 0 Å². The van der Waals surface area contributed by atoms with Crippen LogP contribution in [0.5, 0.6) is 0 Å². The number of benzene rings is 1. The molecule has 1 unspecified atom stereocenters. The summed E-state index contributed by atoms with van der Waals surface area (Å²) < 4.78 is 40.4. The first-order valence-electron chi connectivity index (χ1n) is 5.32. The fraction of sp³-hybridized carbons (Fsp3) is 0.417. The second kappa shape index (κ2) is 6.39. The van der Waals surface area contributed by atoms with Gasteiger partial charge in [-0.1, -0.05) is 30.3 Å². The molecule has 0 aliphatic carbocycles. The van der Waals surface area contributed by atoms with Crippen LogP contribution in [0.3, 0.4) is 0 Å². The number of rotatable bonds is 6. The second-order valence-electron chi connectivity index (χ2n) is 3.74. The molecule has 0 spiro atoms. The third-order valence-electron chi connectivity index (χ3n) is 2.31. The second-order valence-corrected chi connectivity index (χ2v) is 3.74. The van der Waals surface area contributed by atoms with Crippen LogP contribution in [0.15, 0.2) is 30.3 Å². The molecule has 0 amide bonds. The summed E-state index contributed by atoms with van der Waals surface area (Å²) in [5.41, 5.74) is 0.511. The monoisotopic (exact) mass is 262 g/mol. The zero-order valence-electron chi connectivity index (χ0n) is 9.48. The van der Waals surface area contributed by atoms with Crippen molar-refractivity contribution in [2.45, 2.75) is 18.5 Å². The molecule has 1 aromatic rings. The number of hydrogen-bond donors (Lipinski definition) is 1. The van der Waals surface area contributed by atoms with E-state index in [1.807, 2.05) is 0 Å². The van der Waals surface area contributed by atoms with Gasteiger partial charge in [0.2, 0.25) is 0 Å². The van der Waals surface area contributed by atoms with Crippen LogP contribution < -0.4 is 0 Å². The molecule has 6 heteroatoms. The van der Waals surface area contributed by atoms with Gasteiger partial charge in [0.15, 0.2) is 0 Å². The van der Waals surface area contributed by atoms with E-state index in [9.17, 15) is 18.0 Å². The summed E-state index contributed by atoms with van der Waals surface area (Å²) in [6.45, 7) is -0.796. The van der Waals surface area contributed by atoms with E-state index in [-0.39, 0.29) is 6.61 Å². The number of carboxylic acid groups (broad SMARTS) is 1. The van der Waals surface area contributed by atoms with E-state index in [4.69, 9.17) is 9.84 Å². The maximum atomic E-state index is 11.9. The molecule has 0 saturated heterocycles. The van der Waals surface area contributed by atoms with Crippen molar-refractivity contribution in [1.29, 1.82) is 0 Å². The highest BCUT2D eigenvalue weighted by atomic mass is 19.4. The summed E-state index contributed by atoms with van der Waals surface area (Å²) in [5, 5.41) is 8.98. The number of hydrogen-bond acceptors (Lipinski definition) is 2. The fourth-order valence-electron chi connectivity index (χ4n) is 1.38. The van der Waals surface area contributed by atoms with Crippen LogP contribution in [0, 0.1) is 0 Å². The van der Waals surface area contributed by atoms with Crippen molar-refractivity contribution in [3.63, 3.8) is 0 Å². The number of aliphatic carboxylic acids is 1. The number of halogens is 3. The zero-order chi connectivity index (χ0) is 13.6. The summed E-state index contributed by atoms with van der Waals surface area (Å²) >= 11 is 0. The number of carbonyl (C=O) groups is 1. The molecule has 0 aliphatic heterocycles. The molecular weight excluding hydrogens is 249 g/mol. The predicted octanol–water partition coefficient (Wildman–Crippen LogP) is 2.82. The molecular formula is C12H13F3O3. The van der Waals surface area contributed by atoms with E-state index in [0.717, 1.165) is 0 Å². The molecule has 0 bridgehead atoms. The summed E-state index contributed by atoms with van der Waals surface area (Å²) in [7, 11) is 0. The van der Waals surface area contributed by atoms with E-state index in [2.05, 4.69) is 0 Å². The van der Waals surface area contributed by atoms with Gasteiger partial charge in [0.1, 0.15) is 5.92 Å². The van der Waals surface area contributed by atoms with E-state index in [1.54, 1.807) is 30.3 Å². The first-order valence-corrected chi connectivity index (χ1v) is 5.32. The topological polar surface area (TPSA) is 46.5 Å². The third-order valence-corrected chi connectivity index (χ3v) is 2.31. The van der Waals surface area contributed by atoms with Crippen molar-refractivity contribution >= 4 is 5.97 Å². The molecule has 0 aliphatic rings. The van der Waals surface area contributed by atoms with Gasteiger partial charge < -0.3 is 9.84 Å². The lowest BCUT2D eigenvalue weighted by Gasteiger charge is -2.13. The molecule has 0 saturated carbocycles. The molecule has 1 atom stereocenters. The van der Waals surface area contributed by atoms with Crippen LogP contribution in [0.25, 0.3) is 0 Å². The molecule has 0 aromatic heterocycles. The van der Waals surface area contributed by atoms with E-state index >= 15 is 0 Å². The lowest BCUT2D eigenvalue weighted by Crippen LogP contribution is -2.19. The molecule has 1 rings (SSSR count). The Morgan fingerprint density at radius 3 is 2.39 bits per heavy atom. The first-order chi connectivity index (χ1) is 8.40. The zero-order valence-corrected chi connectivity index (χ0v) is 9.48. The maximum absolute atomic E-state index is 11.9. The first kappa shape index (κ1) is 14.5. The molecule has 0 fully saturated rings. The number of ether oxygens (including phenoxy) is 1. The Morgan fingerprint density at radius 2 is 1.89 bits per heavy atom. The van der Waals surface area contributed by atoms with E-state index < -0.39 is 31.1 Å². The normalized spacial score (nSPS) is 13.3. The highest BCUT2D eigenvalue weighted by molar-refractivity contribution is 5.76. The van der Waals surface area contributed by atoms with Gasteiger partial charge in [0.25, 0.3) is 0 Å². The van der Waals surface area contributed by atoms with Crippen molar-refractivity contribution in [2.75, 3.05) is 13.2 Å². The minimum absolute atomic E-state index is 0.268. The van der Waals surface area contributed by atoms with Gasteiger partial charge >= 0.3 is 12.1 Å². The summed E-state index contributed by atoms with van der Waals surface area (Å²) in [6, 6.07) is 8.27. The largest absolute Gasteiger partial charge is 0.481 e. The third kappa shape index (κ3) is 5.18. The van der Waals surface area contributed by atoms with Crippen LogP contribution in [-0.4, -0.2) is 30.5 Å². The Morgan fingerprint density at radius 1 is 1.28 bits per heavy atom. The van der Waals surface area contributed by atoms with Gasteiger partial charge in [-0.2, -0.15) is 13.2 Å². The van der Waals surface area contributed by atoms with Crippen LogP contribution in [-0.2, 0) is 9.53 Å². The fourth-order valence-corrected chi connectivity index (χ4v) is 1.38. The standard InChI is InChI=1S/C12H13F3O3/c13-12(14,15)6-7-18-8-10(11(16)17)9-4-2-1-3-5-9/h1-5,10H,6-8H2,(H,16,17). The molecule has 18 heavy (non-hydrogen) atoms. The molecule has 0 radical (unpaired) electrons. The van der Waals surface area contributed by atoms with Crippen LogP contribution in [0.2, 0.25) is 0 Å². The number of carboxylic acids is 1. The minimum atomic E-state index is -4.29. The predicted molar refractivity (Wildman–Crippen MR) is 58.3 cm³/mol. The van der Waals surface area contributed by atoms with Crippen LogP contribution in [0.1, 0.15) is 17.9 Å². The molecule has 100 valence electrons. The minimum Gasteiger partial charge on any atom is -0.481 e. The average molecular weight is 262 g/mol. The Bertz CT molecular complexity index is 376. The van der Waals surface area contributed by atoms with Gasteiger partial charge in [0.05, 0.1) is 19.6 Å². The van der Waals surface area contributed by atoms with Gasteiger partial charge in [-0.05, 0) is 5.56 Å². The van der Waals surface area contributed by atoms with E-state index in [1.165, 1.54) is 0 Å². The molecule has 1 aromatic carbocycles. The number of alkyl halides is 3. The lowest BCUT2D eigenvalue weighted by atomic mass is 10.0. The van der Waals surface area contributed by atoms with E-state index in [0.29, 0.717) is 5.56 Å². The molecule has 3 nitrogen and oxygen atoms in total. The molecule has 1 N–H and O–H groups in total. The Balaban J connectivity index is 2.48.